The number of H-pyrrole nitrogens is 1. The SMILES string of the molecule is C[C@H](NC(=O)[C@@H](CCc1ccccc1)NCc1ccccc1)C(=O)CCc1ccc2[nH]cc(Cl)c2c1. The lowest BCUT2D eigenvalue weighted by Crippen LogP contribution is -2.49. The van der Waals surface area contributed by atoms with Crippen LogP contribution in [-0.2, 0) is 29.0 Å². The summed E-state index contributed by atoms with van der Waals surface area (Å²) >= 11 is 6.22. The molecule has 1 heterocycles. The highest BCUT2D eigenvalue weighted by Gasteiger charge is 2.22. The molecule has 0 aliphatic carbocycles. The summed E-state index contributed by atoms with van der Waals surface area (Å²) in [4.78, 5) is 29.2. The van der Waals surface area contributed by atoms with Crippen LogP contribution in [-0.4, -0.2) is 28.8 Å². The summed E-state index contributed by atoms with van der Waals surface area (Å²) in [5.41, 5.74) is 4.31. The Kier molecular flexibility index (Phi) is 8.93. The number of aromatic amines is 1. The highest BCUT2D eigenvalue weighted by atomic mass is 35.5. The van der Waals surface area contributed by atoms with Gasteiger partial charge in [0.1, 0.15) is 0 Å². The molecule has 2 atom stereocenters. The van der Waals surface area contributed by atoms with Crippen LogP contribution in [0, 0.1) is 0 Å². The molecule has 6 heteroatoms. The fraction of sp³-hybridized carbons (Fsp3) is 0.267. The van der Waals surface area contributed by atoms with Gasteiger partial charge in [-0.1, -0.05) is 78.3 Å². The smallest absolute Gasteiger partial charge is 0.237 e. The minimum atomic E-state index is -0.560. The van der Waals surface area contributed by atoms with Crippen LogP contribution < -0.4 is 10.6 Å². The number of halogens is 1. The van der Waals surface area contributed by atoms with Gasteiger partial charge in [-0.3, -0.25) is 9.59 Å². The summed E-state index contributed by atoms with van der Waals surface area (Å²) in [5, 5.41) is 7.96. The van der Waals surface area contributed by atoms with Crippen molar-refractivity contribution in [2.75, 3.05) is 0 Å². The molecule has 0 unspecified atom stereocenters. The lowest BCUT2D eigenvalue weighted by Gasteiger charge is -2.21. The number of nitrogens with one attached hydrogen (secondary N) is 3. The van der Waals surface area contributed by atoms with Crippen molar-refractivity contribution in [2.45, 2.75) is 51.2 Å². The summed E-state index contributed by atoms with van der Waals surface area (Å²) in [5.74, 6) is -0.142. The summed E-state index contributed by atoms with van der Waals surface area (Å²) in [6, 6.07) is 25.2. The largest absolute Gasteiger partial charge is 0.360 e. The maximum absolute atomic E-state index is 13.2. The first-order chi connectivity index (χ1) is 17.5. The zero-order valence-corrected chi connectivity index (χ0v) is 21.2. The van der Waals surface area contributed by atoms with Crippen LogP contribution >= 0.6 is 11.6 Å². The van der Waals surface area contributed by atoms with Gasteiger partial charge >= 0.3 is 0 Å². The molecule has 1 amide bonds. The van der Waals surface area contributed by atoms with Crippen LogP contribution in [0.4, 0.5) is 0 Å². The number of hydrogen-bond donors (Lipinski definition) is 3. The number of fused-ring (bicyclic) bond motifs is 1. The molecular weight excluding hydrogens is 470 g/mol. The van der Waals surface area contributed by atoms with Crippen LogP contribution in [0.2, 0.25) is 5.02 Å². The summed E-state index contributed by atoms with van der Waals surface area (Å²) < 4.78 is 0. The molecule has 5 nitrogen and oxygen atoms in total. The van der Waals surface area contributed by atoms with Gasteiger partial charge in [0.2, 0.25) is 5.91 Å². The molecule has 0 saturated heterocycles. The molecule has 4 aromatic rings. The third kappa shape index (κ3) is 7.06. The number of Topliss-reactive ketones (excluding diaryl/α,β-unsaturated/α-hetero) is 1. The predicted octanol–water partition coefficient (Wildman–Crippen LogP) is 5.62. The minimum Gasteiger partial charge on any atom is -0.360 e. The molecule has 4 rings (SSSR count). The molecule has 0 saturated carbocycles. The van der Waals surface area contributed by atoms with Gasteiger partial charge in [0.25, 0.3) is 0 Å². The Morgan fingerprint density at radius 3 is 2.31 bits per heavy atom. The zero-order chi connectivity index (χ0) is 25.3. The number of carbonyl (C=O) groups is 2. The Balaban J connectivity index is 1.33. The normalized spacial score (nSPS) is 12.8. The predicted molar refractivity (Wildman–Crippen MR) is 146 cm³/mol. The maximum Gasteiger partial charge on any atom is 0.237 e. The molecule has 0 aliphatic rings. The number of rotatable bonds is 12. The zero-order valence-electron chi connectivity index (χ0n) is 20.5. The van der Waals surface area contributed by atoms with Gasteiger partial charge in [0.05, 0.1) is 17.1 Å². The first-order valence-corrected chi connectivity index (χ1v) is 12.8. The van der Waals surface area contributed by atoms with Gasteiger partial charge in [0.15, 0.2) is 5.78 Å². The van der Waals surface area contributed by atoms with E-state index in [1.165, 1.54) is 5.56 Å². The molecule has 1 aromatic heterocycles. The Morgan fingerprint density at radius 2 is 1.58 bits per heavy atom. The Labute approximate surface area is 217 Å². The monoisotopic (exact) mass is 501 g/mol. The van der Waals surface area contributed by atoms with Crippen molar-refractivity contribution >= 4 is 34.2 Å². The number of aryl methyl sites for hydroxylation is 2. The van der Waals surface area contributed by atoms with Crippen molar-refractivity contribution < 1.29 is 9.59 Å². The number of benzene rings is 3. The molecule has 0 aliphatic heterocycles. The standard InChI is InChI=1S/C30H32ClN3O2/c1-21(29(35)17-14-23-13-15-27-25(18-23)26(31)20-33-27)34-30(36)28(16-12-22-8-4-2-5-9-22)32-19-24-10-6-3-7-11-24/h2-11,13,15,18,20-21,28,32-33H,12,14,16-17,19H2,1H3,(H,34,36)/t21-,28+/m0/s1. The average molecular weight is 502 g/mol. The van der Waals surface area contributed by atoms with Crippen molar-refractivity contribution in [1.29, 1.82) is 0 Å². The first kappa shape index (κ1) is 25.7. The van der Waals surface area contributed by atoms with Gasteiger partial charge in [0, 0.05) is 30.1 Å². The van der Waals surface area contributed by atoms with Gasteiger partial charge in [-0.25, -0.2) is 0 Å². The van der Waals surface area contributed by atoms with E-state index in [4.69, 9.17) is 11.6 Å². The second kappa shape index (κ2) is 12.5. The molecule has 3 aromatic carbocycles. The van der Waals surface area contributed by atoms with Crippen LogP contribution in [0.15, 0.2) is 85.1 Å². The summed E-state index contributed by atoms with van der Waals surface area (Å²) in [6.45, 7) is 2.35. The van der Waals surface area contributed by atoms with Crippen LogP contribution in [0.3, 0.4) is 0 Å². The van der Waals surface area contributed by atoms with E-state index in [1.807, 2.05) is 66.7 Å². The van der Waals surface area contributed by atoms with E-state index in [0.717, 1.165) is 28.5 Å². The maximum atomic E-state index is 13.2. The minimum absolute atomic E-state index is 0.00785. The topological polar surface area (TPSA) is 74.0 Å². The molecular formula is C30H32ClN3O2. The Morgan fingerprint density at radius 1 is 0.889 bits per heavy atom. The lowest BCUT2D eigenvalue weighted by molar-refractivity contribution is -0.128. The highest BCUT2D eigenvalue weighted by Crippen LogP contribution is 2.24. The Bertz CT molecular complexity index is 1240. The van der Waals surface area contributed by atoms with Crippen LogP contribution in [0.25, 0.3) is 10.9 Å². The van der Waals surface area contributed by atoms with Gasteiger partial charge in [-0.05, 0) is 55.0 Å². The fourth-order valence-electron chi connectivity index (χ4n) is 4.29. The molecule has 0 spiro atoms. The number of hydrogen-bond acceptors (Lipinski definition) is 3. The summed E-state index contributed by atoms with van der Waals surface area (Å²) in [7, 11) is 0. The number of carbonyl (C=O) groups excluding carboxylic acids is 2. The van der Waals surface area contributed by atoms with Gasteiger partial charge in [-0.2, -0.15) is 0 Å². The van der Waals surface area contributed by atoms with Crippen molar-refractivity contribution in [3.05, 3.63) is 107 Å². The molecule has 3 N–H and O–H groups in total. The molecule has 0 fully saturated rings. The van der Waals surface area contributed by atoms with E-state index < -0.39 is 12.1 Å². The second-order valence-electron chi connectivity index (χ2n) is 9.16. The number of amides is 1. The first-order valence-electron chi connectivity index (χ1n) is 12.4. The van der Waals surface area contributed by atoms with Crippen molar-refractivity contribution in [2.24, 2.45) is 0 Å². The Hall–Kier alpha value is -3.41. The molecule has 0 bridgehead atoms. The van der Waals surface area contributed by atoms with E-state index in [2.05, 4.69) is 27.8 Å². The highest BCUT2D eigenvalue weighted by molar-refractivity contribution is 6.35. The second-order valence-corrected chi connectivity index (χ2v) is 9.56. The van der Waals surface area contributed by atoms with Crippen LogP contribution in [0.5, 0.6) is 0 Å². The van der Waals surface area contributed by atoms with Gasteiger partial charge < -0.3 is 15.6 Å². The summed E-state index contributed by atoms with van der Waals surface area (Å²) in [6.07, 6.45) is 4.12. The van der Waals surface area contributed by atoms with E-state index in [9.17, 15) is 9.59 Å². The van der Waals surface area contributed by atoms with E-state index in [1.54, 1.807) is 13.1 Å². The number of ketones is 1. The molecule has 186 valence electrons. The third-order valence-corrected chi connectivity index (χ3v) is 6.79. The molecule has 36 heavy (non-hydrogen) atoms. The lowest BCUT2D eigenvalue weighted by atomic mass is 10.0. The van der Waals surface area contributed by atoms with E-state index in [-0.39, 0.29) is 11.7 Å². The van der Waals surface area contributed by atoms with Crippen molar-refractivity contribution in [1.82, 2.24) is 15.6 Å². The quantitative estimate of drug-likeness (QED) is 0.236. The van der Waals surface area contributed by atoms with Crippen LogP contribution in [0.1, 0.15) is 36.5 Å². The van der Waals surface area contributed by atoms with Crippen molar-refractivity contribution in [3.8, 4) is 0 Å². The number of aromatic nitrogens is 1. The third-order valence-electron chi connectivity index (χ3n) is 6.47. The van der Waals surface area contributed by atoms with Crippen molar-refractivity contribution in [3.63, 3.8) is 0 Å². The van der Waals surface area contributed by atoms with Gasteiger partial charge in [-0.15, -0.1) is 0 Å². The fourth-order valence-corrected chi connectivity index (χ4v) is 4.50. The molecule has 0 radical (unpaired) electrons. The van der Waals surface area contributed by atoms with E-state index in [0.29, 0.717) is 30.8 Å². The average Bonchev–Trinajstić information content (AvgIpc) is 3.28. The van der Waals surface area contributed by atoms with E-state index >= 15 is 0 Å².